The molecule has 4 heteroatoms. The molecule has 0 saturated heterocycles. The second-order valence-electron chi connectivity index (χ2n) is 2.96. The highest BCUT2D eigenvalue weighted by molar-refractivity contribution is 5.86. The summed E-state index contributed by atoms with van der Waals surface area (Å²) < 4.78 is 0. The van der Waals surface area contributed by atoms with E-state index in [-0.39, 0.29) is 6.42 Å². The zero-order valence-corrected chi connectivity index (χ0v) is 7.83. The summed E-state index contributed by atoms with van der Waals surface area (Å²) in [6.07, 6.45) is 1.11. The van der Waals surface area contributed by atoms with Gasteiger partial charge in [-0.05, 0) is 26.7 Å². The van der Waals surface area contributed by atoms with Crippen molar-refractivity contribution < 1.29 is 19.8 Å². The van der Waals surface area contributed by atoms with Crippen LogP contribution in [0.1, 0.15) is 33.1 Å². The van der Waals surface area contributed by atoms with Gasteiger partial charge in [-0.15, -0.1) is 0 Å². The van der Waals surface area contributed by atoms with Crippen molar-refractivity contribution in [2.75, 3.05) is 0 Å². The highest BCUT2D eigenvalue weighted by Gasteiger charge is 2.05. The highest BCUT2D eigenvalue weighted by Crippen LogP contribution is 2.11. The number of hydrogen-bond donors (Lipinski definition) is 2. The molecule has 0 rings (SSSR count). The van der Waals surface area contributed by atoms with Crippen molar-refractivity contribution in [1.82, 2.24) is 0 Å². The molecule has 0 fully saturated rings. The molecule has 0 aromatic heterocycles. The minimum atomic E-state index is -0.937. The van der Waals surface area contributed by atoms with Gasteiger partial charge in [0.1, 0.15) is 0 Å². The molecule has 0 saturated carbocycles. The lowest BCUT2D eigenvalue weighted by molar-refractivity contribution is -0.137. The predicted molar refractivity (Wildman–Crippen MR) is 47.5 cm³/mol. The van der Waals surface area contributed by atoms with Crippen LogP contribution in [0.25, 0.3) is 0 Å². The molecule has 0 aliphatic rings. The maximum Gasteiger partial charge on any atom is 0.331 e. The van der Waals surface area contributed by atoms with Crippen LogP contribution in [-0.2, 0) is 9.59 Å². The Morgan fingerprint density at radius 1 is 1.08 bits per heavy atom. The fraction of sp³-hybridized carbons (Fsp3) is 0.556. The Morgan fingerprint density at radius 3 is 2.00 bits per heavy atom. The zero-order valence-electron chi connectivity index (χ0n) is 7.83. The van der Waals surface area contributed by atoms with Crippen LogP contribution in [-0.4, -0.2) is 22.2 Å². The molecule has 13 heavy (non-hydrogen) atoms. The van der Waals surface area contributed by atoms with Gasteiger partial charge in [0, 0.05) is 12.0 Å². The van der Waals surface area contributed by atoms with Crippen LogP contribution in [0, 0.1) is 0 Å². The topological polar surface area (TPSA) is 74.6 Å². The van der Waals surface area contributed by atoms with Gasteiger partial charge in [0.2, 0.25) is 0 Å². The summed E-state index contributed by atoms with van der Waals surface area (Å²) in [6.45, 7) is 3.24. The van der Waals surface area contributed by atoms with Crippen molar-refractivity contribution in [3.05, 3.63) is 11.1 Å². The van der Waals surface area contributed by atoms with Crippen molar-refractivity contribution in [3.63, 3.8) is 0 Å². The van der Waals surface area contributed by atoms with Gasteiger partial charge in [-0.3, -0.25) is 4.79 Å². The Morgan fingerprint density at radius 2 is 1.62 bits per heavy atom. The highest BCUT2D eigenvalue weighted by atomic mass is 16.4. The summed E-state index contributed by atoms with van der Waals surface area (Å²) in [7, 11) is 0. The lowest BCUT2D eigenvalue weighted by Gasteiger charge is -2.02. The van der Waals surface area contributed by atoms with Crippen molar-refractivity contribution in [1.29, 1.82) is 0 Å². The molecule has 0 aliphatic heterocycles. The maximum atomic E-state index is 10.5. The summed E-state index contributed by atoms with van der Waals surface area (Å²) in [4.78, 5) is 20.6. The number of rotatable bonds is 5. The summed E-state index contributed by atoms with van der Waals surface area (Å²) in [5.74, 6) is -1.78. The Bertz CT molecular complexity index is 240. The largest absolute Gasteiger partial charge is 0.481 e. The molecule has 2 N–H and O–H groups in total. The van der Waals surface area contributed by atoms with Crippen LogP contribution in [0.4, 0.5) is 0 Å². The molecule has 0 unspecified atom stereocenters. The first kappa shape index (κ1) is 11.7. The molecule has 0 amide bonds. The zero-order chi connectivity index (χ0) is 10.4. The predicted octanol–water partition coefficient (Wildman–Crippen LogP) is 1.66. The van der Waals surface area contributed by atoms with E-state index in [1.54, 1.807) is 6.92 Å². The molecule has 0 atom stereocenters. The minimum absolute atomic E-state index is 0.0875. The molecule has 0 aromatic carbocycles. The van der Waals surface area contributed by atoms with E-state index in [0.29, 0.717) is 18.4 Å². The molecule has 0 bridgehead atoms. The third-order valence-electron chi connectivity index (χ3n) is 1.90. The standard InChI is InChI=1S/C9H14O4/c1-6(7(2)9(12)13)4-3-5-8(10)11/h3-5H2,1-2H3,(H,10,11)(H,12,13)/b7-6+. The van der Waals surface area contributed by atoms with Crippen LogP contribution in [0.5, 0.6) is 0 Å². The fourth-order valence-electron chi connectivity index (χ4n) is 0.875. The molecule has 0 radical (unpaired) electrons. The van der Waals surface area contributed by atoms with Crippen LogP contribution >= 0.6 is 0 Å². The summed E-state index contributed by atoms with van der Waals surface area (Å²) >= 11 is 0. The second kappa shape index (κ2) is 5.35. The van der Waals surface area contributed by atoms with Crippen molar-refractivity contribution in [3.8, 4) is 0 Å². The second-order valence-corrected chi connectivity index (χ2v) is 2.96. The van der Waals surface area contributed by atoms with Gasteiger partial charge < -0.3 is 10.2 Å². The first-order chi connectivity index (χ1) is 5.95. The van der Waals surface area contributed by atoms with E-state index in [2.05, 4.69) is 0 Å². The van der Waals surface area contributed by atoms with Gasteiger partial charge in [-0.25, -0.2) is 4.79 Å². The number of hydrogen-bond acceptors (Lipinski definition) is 2. The third-order valence-corrected chi connectivity index (χ3v) is 1.90. The fourth-order valence-corrected chi connectivity index (χ4v) is 0.875. The van der Waals surface area contributed by atoms with E-state index in [0.717, 1.165) is 5.57 Å². The lowest BCUT2D eigenvalue weighted by atomic mass is 10.1. The van der Waals surface area contributed by atoms with Gasteiger partial charge in [0.15, 0.2) is 0 Å². The third kappa shape index (κ3) is 5.00. The Kier molecular flexibility index (Phi) is 4.80. The Balaban J connectivity index is 3.99. The van der Waals surface area contributed by atoms with Gasteiger partial charge in [-0.1, -0.05) is 5.57 Å². The van der Waals surface area contributed by atoms with Crippen LogP contribution in [0.2, 0.25) is 0 Å². The summed E-state index contributed by atoms with van der Waals surface area (Å²) in [5.41, 5.74) is 1.05. The average Bonchev–Trinajstić information content (AvgIpc) is 2.02. The first-order valence-corrected chi connectivity index (χ1v) is 4.06. The molecule has 0 aliphatic carbocycles. The van der Waals surface area contributed by atoms with Crippen molar-refractivity contribution in [2.45, 2.75) is 33.1 Å². The van der Waals surface area contributed by atoms with Gasteiger partial charge in [0.25, 0.3) is 0 Å². The number of carbonyl (C=O) groups is 2. The van der Waals surface area contributed by atoms with E-state index in [1.807, 2.05) is 0 Å². The summed E-state index contributed by atoms with van der Waals surface area (Å²) in [6, 6.07) is 0. The minimum Gasteiger partial charge on any atom is -0.481 e. The Hall–Kier alpha value is -1.32. The van der Waals surface area contributed by atoms with Gasteiger partial charge in [-0.2, -0.15) is 0 Å². The number of carboxylic acids is 2. The van der Waals surface area contributed by atoms with Crippen molar-refractivity contribution in [2.24, 2.45) is 0 Å². The SMILES string of the molecule is C/C(CCCC(=O)O)=C(/C)C(=O)O. The maximum absolute atomic E-state index is 10.5. The van der Waals surface area contributed by atoms with Crippen molar-refractivity contribution >= 4 is 11.9 Å². The van der Waals surface area contributed by atoms with Crippen LogP contribution < -0.4 is 0 Å². The van der Waals surface area contributed by atoms with Crippen LogP contribution in [0.3, 0.4) is 0 Å². The van der Waals surface area contributed by atoms with E-state index >= 15 is 0 Å². The lowest BCUT2D eigenvalue weighted by Crippen LogP contribution is -2.00. The molecule has 74 valence electrons. The Labute approximate surface area is 76.9 Å². The number of allylic oxidation sites excluding steroid dienone is 1. The number of carboxylic acid groups (broad SMARTS) is 2. The van der Waals surface area contributed by atoms with E-state index in [4.69, 9.17) is 10.2 Å². The molecular weight excluding hydrogens is 172 g/mol. The van der Waals surface area contributed by atoms with Crippen LogP contribution in [0.15, 0.2) is 11.1 Å². The van der Waals surface area contributed by atoms with Gasteiger partial charge >= 0.3 is 11.9 Å². The van der Waals surface area contributed by atoms with E-state index in [9.17, 15) is 9.59 Å². The normalized spacial score (nSPS) is 12.2. The molecule has 0 heterocycles. The smallest absolute Gasteiger partial charge is 0.331 e. The number of aliphatic carboxylic acids is 2. The van der Waals surface area contributed by atoms with E-state index < -0.39 is 11.9 Å². The molecule has 4 nitrogen and oxygen atoms in total. The van der Waals surface area contributed by atoms with E-state index in [1.165, 1.54) is 6.92 Å². The monoisotopic (exact) mass is 186 g/mol. The van der Waals surface area contributed by atoms with Gasteiger partial charge in [0.05, 0.1) is 0 Å². The quantitative estimate of drug-likeness (QED) is 0.640. The summed E-state index contributed by atoms with van der Waals surface area (Å²) in [5, 5.41) is 16.9. The first-order valence-electron chi connectivity index (χ1n) is 4.06. The average molecular weight is 186 g/mol. The molecular formula is C9H14O4. The molecule has 0 spiro atoms. The molecule has 0 aromatic rings.